The quantitative estimate of drug-likeness (QED) is 0.338. The van der Waals surface area contributed by atoms with Gasteiger partial charge < -0.3 is 25.2 Å². The Balaban J connectivity index is 2.54. The number of carbonyl (C=O) groups excluding carboxylic acids is 3. The summed E-state index contributed by atoms with van der Waals surface area (Å²) in [6, 6.07) is 0. The predicted molar refractivity (Wildman–Crippen MR) is 99.8 cm³/mol. The molecule has 1 heterocycles. The summed E-state index contributed by atoms with van der Waals surface area (Å²) in [6.45, 7) is 2.77. The first kappa shape index (κ1) is 23.1. The predicted octanol–water partition coefficient (Wildman–Crippen LogP) is 0.686. The van der Waals surface area contributed by atoms with Gasteiger partial charge in [-0.3, -0.25) is 14.4 Å². The summed E-state index contributed by atoms with van der Waals surface area (Å²) in [5.41, 5.74) is 0. The molecule has 0 bridgehead atoms. The molecule has 0 saturated carbocycles. The summed E-state index contributed by atoms with van der Waals surface area (Å²) in [7, 11) is 0. The summed E-state index contributed by atoms with van der Waals surface area (Å²) >= 11 is 0. The lowest BCUT2D eigenvalue weighted by molar-refractivity contribution is -0.148. The summed E-state index contributed by atoms with van der Waals surface area (Å²) in [4.78, 5) is 36.2. The van der Waals surface area contributed by atoms with Gasteiger partial charge in [-0.05, 0) is 32.6 Å². The molecule has 0 unspecified atom stereocenters. The zero-order valence-electron chi connectivity index (χ0n) is 16.1. The van der Waals surface area contributed by atoms with Gasteiger partial charge in [-0.1, -0.05) is 12.2 Å². The highest BCUT2D eigenvalue weighted by molar-refractivity contribution is 5.85. The number of ether oxygens (including phenoxy) is 2. The normalized spacial score (nSPS) is 22.4. The number of cyclic esters (lactones) is 1. The molecule has 0 saturated heterocycles. The van der Waals surface area contributed by atoms with Crippen LogP contribution in [0, 0.1) is 5.92 Å². The molecular formula is C19H32N2O6. The van der Waals surface area contributed by atoms with Crippen molar-refractivity contribution in [1.29, 1.82) is 0 Å². The smallest absolute Gasteiger partial charge is 0.306 e. The van der Waals surface area contributed by atoms with Crippen molar-refractivity contribution in [2.75, 3.05) is 32.9 Å². The van der Waals surface area contributed by atoms with E-state index in [9.17, 15) is 14.4 Å². The molecule has 154 valence electrons. The van der Waals surface area contributed by atoms with E-state index in [0.717, 1.165) is 19.3 Å². The minimum atomic E-state index is -0.481. The SMILES string of the molecule is C[C@H]1CNC(=O)[C@@H](CC(=O)NCCOCCO)CC=CCCCCC(=O)O1. The Morgan fingerprint density at radius 1 is 1.33 bits per heavy atom. The first-order valence-corrected chi connectivity index (χ1v) is 9.60. The molecular weight excluding hydrogens is 352 g/mol. The van der Waals surface area contributed by atoms with Crippen molar-refractivity contribution in [3.63, 3.8) is 0 Å². The lowest BCUT2D eigenvalue weighted by Crippen LogP contribution is -2.39. The third-order valence-corrected chi connectivity index (χ3v) is 4.09. The van der Waals surface area contributed by atoms with Crippen LogP contribution in [0.15, 0.2) is 12.2 Å². The fourth-order valence-electron chi connectivity index (χ4n) is 2.63. The number of amides is 2. The molecule has 2 atom stereocenters. The Morgan fingerprint density at radius 3 is 2.93 bits per heavy atom. The average molecular weight is 384 g/mol. The molecule has 1 aliphatic heterocycles. The van der Waals surface area contributed by atoms with Crippen LogP contribution in [0.1, 0.15) is 45.4 Å². The molecule has 0 aromatic rings. The highest BCUT2D eigenvalue weighted by Crippen LogP contribution is 2.12. The van der Waals surface area contributed by atoms with E-state index in [0.29, 0.717) is 26.0 Å². The Morgan fingerprint density at radius 2 is 2.15 bits per heavy atom. The van der Waals surface area contributed by atoms with E-state index < -0.39 is 12.0 Å². The second kappa shape index (κ2) is 14.2. The zero-order valence-corrected chi connectivity index (χ0v) is 16.1. The van der Waals surface area contributed by atoms with Gasteiger partial charge in [0, 0.05) is 19.4 Å². The van der Waals surface area contributed by atoms with Crippen LogP contribution in [0.4, 0.5) is 0 Å². The Labute approximate surface area is 160 Å². The van der Waals surface area contributed by atoms with Gasteiger partial charge >= 0.3 is 5.97 Å². The summed E-state index contributed by atoms with van der Waals surface area (Å²) in [5, 5.41) is 14.1. The van der Waals surface area contributed by atoms with E-state index in [1.54, 1.807) is 6.92 Å². The van der Waals surface area contributed by atoms with Gasteiger partial charge in [-0.2, -0.15) is 0 Å². The van der Waals surface area contributed by atoms with Gasteiger partial charge in [-0.25, -0.2) is 0 Å². The second-order valence-corrected chi connectivity index (χ2v) is 6.59. The van der Waals surface area contributed by atoms with Crippen molar-refractivity contribution in [3.05, 3.63) is 12.2 Å². The molecule has 1 rings (SSSR count). The van der Waals surface area contributed by atoms with Gasteiger partial charge in [0.1, 0.15) is 6.10 Å². The number of hydrogen-bond acceptors (Lipinski definition) is 6. The van der Waals surface area contributed by atoms with Gasteiger partial charge in [0.05, 0.1) is 32.3 Å². The molecule has 1 aliphatic rings. The number of rotatable bonds is 7. The number of nitrogens with one attached hydrogen (secondary N) is 2. The Hall–Kier alpha value is -1.93. The summed E-state index contributed by atoms with van der Waals surface area (Å²) in [5.74, 6) is -1.19. The standard InChI is InChI=1S/C19H32N2O6/c1-15-14-21-19(25)16(13-17(23)20-9-11-26-12-10-22)7-5-3-2-4-6-8-18(24)27-15/h3,5,15-16,22H,2,4,6-14H2,1H3,(H,20,23)(H,21,25)/t15-,16+/m0/s1. The maximum absolute atomic E-state index is 12.4. The number of hydrogen-bond donors (Lipinski definition) is 3. The topological polar surface area (TPSA) is 114 Å². The van der Waals surface area contributed by atoms with Crippen molar-refractivity contribution in [1.82, 2.24) is 10.6 Å². The molecule has 0 spiro atoms. The van der Waals surface area contributed by atoms with Crippen molar-refractivity contribution in [2.24, 2.45) is 5.92 Å². The van der Waals surface area contributed by atoms with E-state index in [4.69, 9.17) is 14.6 Å². The van der Waals surface area contributed by atoms with Crippen molar-refractivity contribution in [3.8, 4) is 0 Å². The molecule has 0 radical (unpaired) electrons. The largest absolute Gasteiger partial charge is 0.461 e. The molecule has 27 heavy (non-hydrogen) atoms. The maximum atomic E-state index is 12.4. The summed E-state index contributed by atoms with van der Waals surface area (Å²) < 4.78 is 10.3. The van der Waals surface area contributed by atoms with Gasteiger partial charge in [0.15, 0.2) is 0 Å². The van der Waals surface area contributed by atoms with Crippen LogP contribution in [0.25, 0.3) is 0 Å². The van der Waals surface area contributed by atoms with Crippen LogP contribution in [0.2, 0.25) is 0 Å². The highest BCUT2D eigenvalue weighted by atomic mass is 16.5. The van der Waals surface area contributed by atoms with Crippen LogP contribution < -0.4 is 10.6 Å². The fourth-order valence-corrected chi connectivity index (χ4v) is 2.63. The molecule has 0 aliphatic carbocycles. The molecule has 0 aromatic heterocycles. The molecule has 8 nitrogen and oxygen atoms in total. The minimum absolute atomic E-state index is 0.0593. The second-order valence-electron chi connectivity index (χ2n) is 6.59. The molecule has 2 amide bonds. The van der Waals surface area contributed by atoms with Crippen molar-refractivity contribution in [2.45, 2.75) is 51.6 Å². The fraction of sp³-hybridized carbons (Fsp3) is 0.737. The molecule has 0 aromatic carbocycles. The molecule has 0 fully saturated rings. The first-order chi connectivity index (χ1) is 13.0. The Kier molecular flexibility index (Phi) is 12.1. The summed E-state index contributed by atoms with van der Waals surface area (Å²) in [6.07, 6.45) is 6.92. The number of carbonyl (C=O) groups is 3. The third-order valence-electron chi connectivity index (χ3n) is 4.09. The zero-order chi connectivity index (χ0) is 19.9. The van der Waals surface area contributed by atoms with Crippen molar-refractivity contribution >= 4 is 17.8 Å². The van der Waals surface area contributed by atoms with Crippen LogP contribution in [-0.4, -0.2) is 61.9 Å². The Bertz CT molecular complexity index is 495. The number of allylic oxidation sites excluding steroid dienone is 2. The van der Waals surface area contributed by atoms with E-state index in [-0.39, 0.29) is 44.0 Å². The number of esters is 1. The van der Waals surface area contributed by atoms with Gasteiger partial charge in [0.25, 0.3) is 0 Å². The number of aliphatic hydroxyl groups excluding tert-OH is 1. The van der Waals surface area contributed by atoms with Crippen molar-refractivity contribution < 1.29 is 29.0 Å². The van der Waals surface area contributed by atoms with Crippen LogP contribution in [0.3, 0.4) is 0 Å². The molecule has 8 heteroatoms. The minimum Gasteiger partial charge on any atom is -0.461 e. The lowest BCUT2D eigenvalue weighted by atomic mass is 9.99. The van der Waals surface area contributed by atoms with Crippen LogP contribution in [0.5, 0.6) is 0 Å². The molecule has 3 N–H and O–H groups in total. The van der Waals surface area contributed by atoms with E-state index in [2.05, 4.69) is 10.6 Å². The van der Waals surface area contributed by atoms with E-state index in [1.165, 1.54) is 0 Å². The van der Waals surface area contributed by atoms with Crippen LogP contribution in [-0.2, 0) is 23.9 Å². The van der Waals surface area contributed by atoms with Gasteiger partial charge in [0.2, 0.25) is 11.8 Å². The maximum Gasteiger partial charge on any atom is 0.306 e. The number of aliphatic hydroxyl groups is 1. The van der Waals surface area contributed by atoms with Crippen LogP contribution >= 0.6 is 0 Å². The third kappa shape index (κ3) is 11.4. The highest BCUT2D eigenvalue weighted by Gasteiger charge is 2.22. The lowest BCUT2D eigenvalue weighted by Gasteiger charge is -2.18. The first-order valence-electron chi connectivity index (χ1n) is 9.60. The monoisotopic (exact) mass is 384 g/mol. The van der Waals surface area contributed by atoms with E-state index in [1.807, 2.05) is 12.2 Å². The average Bonchev–Trinajstić information content (AvgIpc) is 2.63. The van der Waals surface area contributed by atoms with Gasteiger partial charge in [-0.15, -0.1) is 0 Å². The van der Waals surface area contributed by atoms with E-state index >= 15 is 0 Å².